The lowest BCUT2D eigenvalue weighted by molar-refractivity contribution is 0.305. The molecule has 0 spiro atoms. The summed E-state index contributed by atoms with van der Waals surface area (Å²) in [6, 6.07) is 9.82. The van der Waals surface area contributed by atoms with E-state index in [2.05, 4.69) is 20.5 Å². The smallest absolute Gasteiger partial charge is 0.205 e. The number of nitrogens with one attached hydrogen (secondary N) is 1. The van der Waals surface area contributed by atoms with Gasteiger partial charge in [-0.25, -0.2) is 0 Å². The van der Waals surface area contributed by atoms with Crippen LogP contribution in [-0.4, -0.2) is 21.7 Å². The van der Waals surface area contributed by atoms with Gasteiger partial charge in [-0.15, -0.1) is 10.2 Å². The molecule has 0 aliphatic carbocycles. The van der Waals surface area contributed by atoms with E-state index >= 15 is 0 Å². The Hall–Kier alpha value is -2.21. The van der Waals surface area contributed by atoms with Crippen molar-refractivity contribution in [3.63, 3.8) is 0 Å². The molecule has 20 heavy (non-hydrogen) atoms. The highest BCUT2D eigenvalue weighted by atomic mass is 32.1. The molecule has 0 aliphatic rings. The number of anilines is 1. The molecule has 2 aromatic heterocycles. The van der Waals surface area contributed by atoms with E-state index in [0.717, 1.165) is 33.3 Å². The first-order valence-corrected chi connectivity index (χ1v) is 7.20. The number of hydrogen-bond acceptors (Lipinski definition) is 6. The molecule has 3 aromatic rings. The molecule has 0 radical (unpaired) electrons. The van der Waals surface area contributed by atoms with Gasteiger partial charge in [0.2, 0.25) is 5.13 Å². The molecule has 0 unspecified atom stereocenters. The van der Waals surface area contributed by atoms with E-state index in [1.807, 2.05) is 37.3 Å². The van der Waals surface area contributed by atoms with Crippen molar-refractivity contribution >= 4 is 27.4 Å². The lowest BCUT2D eigenvalue weighted by Gasteiger charge is -2.04. The molecule has 0 fully saturated rings. The third kappa shape index (κ3) is 2.85. The first-order valence-electron chi connectivity index (χ1n) is 6.39. The second kappa shape index (κ2) is 5.83. The zero-order chi connectivity index (χ0) is 13.8. The molecule has 2 heterocycles. The van der Waals surface area contributed by atoms with Crippen molar-refractivity contribution in [2.24, 2.45) is 0 Å². The van der Waals surface area contributed by atoms with Crippen LogP contribution in [0.3, 0.4) is 0 Å². The molecule has 0 amide bonds. The Morgan fingerprint density at radius 3 is 3.10 bits per heavy atom. The van der Waals surface area contributed by atoms with Gasteiger partial charge >= 0.3 is 0 Å². The predicted molar refractivity (Wildman–Crippen MR) is 80.1 cm³/mol. The Kier molecular flexibility index (Phi) is 3.73. The molecular weight excluding hydrogens is 272 g/mol. The summed E-state index contributed by atoms with van der Waals surface area (Å²) in [5, 5.41) is 14.0. The third-order valence-electron chi connectivity index (χ3n) is 2.73. The highest BCUT2D eigenvalue weighted by Gasteiger charge is 2.04. The van der Waals surface area contributed by atoms with Crippen LogP contribution in [0.2, 0.25) is 0 Å². The van der Waals surface area contributed by atoms with E-state index in [-0.39, 0.29) is 0 Å². The van der Waals surface area contributed by atoms with Crippen LogP contribution in [0.4, 0.5) is 5.13 Å². The first kappa shape index (κ1) is 12.8. The van der Waals surface area contributed by atoms with E-state index in [1.54, 1.807) is 6.20 Å². The number of aromatic nitrogens is 3. The van der Waals surface area contributed by atoms with Crippen molar-refractivity contribution < 1.29 is 4.74 Å². The monoisotopic (exact) mass is 286 g/mol. The average Bonchev–Trinajstić information content (AvgIpc) is 2.93. The topological polar surface area (TPSA) is 59.9 Å². The molecule has 1 aromatic carbocycles. The molecule has 6 heteroatoms. The minimum atomic E-state index is 0.418. The summed E-state index contributed by atoms with van der Waals surface area (Å²) in [5.41, 5.74) is 0.926. The number of nitrogens with zero attached hydrogens (tertiary/aromatic N) is 3. The molecule has 0 saturated heterocycles. The minimum absolute atomic E-state index is 0.418. The van der Waals surface area contributed by atoms with Gasteiger partial charge in [0.1, 0.15) is 12.4 Å². The van der Waals surface area contributed by atoms with E-state index < -0.39 is 0 Å². The number of fused-ring (bicyclic) bond motifs is 1. The number of benzene rings is 1. The fourth-order valence-corrected chi connectivity index (χ4v) is 2.54. The van der Waals surface area contributed by atoms with Gasteiger partial charge in [-0.05, 0) is 25.1 Å². The molecule has 0 bridgehead atoms. The van der Waals surface area contributed by atoms with Crippen molar-refractivity contribution in [3.05, 3.63) is 41.5 Å². The second-order valence-corrected chi connectivity index (χ2v) is 5.24. The lowest BCUT2D eigenvalue weighted by Crippen LogP contribution is -1.95. The Labute approximate surface area is 120 Å². The van der Waals surface area contributed by atoms with Crippen LogP contribution in [0.5, 0.6) is 5.75 Å². The molecule has 102 valence electrons. The number of pyridine rings is 1. The van der Waals surface area contributed by atoms with Crippen molar-refractivity contribution in [2.75, 3.05) is 11.9 Å². The van der Waals surface area contributed by atoms with Gasteiger partial charge in [-0.2, -0.15) is 0 Å². The van der Waals surface area contributed by atoms with E-state index in [1.165, 1.54) is 11.3 Å². The molecular formula is C14H14N4OS. The predicted octanol–water partition coefficient (Wildman–Crippen LogP) is 3.10. The SMILES string of the molecule is CCNc1nnc(COc2ccc3cccnc3c2)s1. The summed E-state index contributed by atoms with van der Waals surface area (Å²) in [6.07, 6.45) is 1.78. The van der Waals surface area contributed by atoms with Crippen molar-refractivity contribution in [1.29, 1.82) is 0 Å². The van der Waals surface area contributed by atoms with Crippen molar-refractivity contribution in [3.8, 4) is 5.75 Å². The Morgan fingerprint density at radius 1 is 1.25 bits per heavy atom. The maximum Gasteiger partial charge on any atom is 0.205 e. The van der Waals surface area contributed by atoms with Gasteiger partial charge in [0.25, 0.3) is 0 Å². The van der Waals surface area contributed by atoms with Crippen molar-refractivity contribution in [1.82, 2.24) is 15.2 Å². The zero-order valence-corrected chi connectivity index (χ0v) is 11.9. The summed E-state index contributed by atoms with van der Waals surface area (Å²) < 4.78 is 5.73. The maximum atomic E-state index is 5.73. The van der Waals surface area contributed by atoms with E-state index in [9.17, 15) is 0 Å². The van der Waals surface area contributed by atoms with Gasteiger partial charge in [-0.3, -0.25) is 4.98 Å². The summed E-state index contributed by atoms with van der Waals surface area (Å²) in [6.45, 7) is 3.28. The first-order chi connectivity index (χ1) is 9.85. The zero-order valence-electron chi connectivity index (χ0n) is 11.0. The average molecular weight is 286 g/mol. The number of rotatable bonds is 5. The molecule has 0 saturated carbocycles. The normalized spacial score (nSPS) is 10.7. The highest BCUT2D eigenvalue weighted by Crippen LogP contribution is 2.21. The number of ether oxygens (including phenoxy) is 1. The van der Waals surface area contributed by atoms with Gasteiger partial charge in [-0.1, -0.05) is 17.4 Å². The molecule has 1 N–H and O–H groups in total. The van der Waals surface area contributed by atoms with Crippen LogP contribution in [0.15, 0.2) is 36.5 Å². The Bertz CT molecular complexity index is 713. The van der Waals surface area contributed by atoms with Crippen LogP contribution in [-0.2, 0) is 6.61 Å². The maximum absolute atomic E-state index is 5.73. The Balaban J connectivity index is 1.69. The highest BCUT2D eigenvalue weighted by molar-refractivity contribution is 7.15. The second-order valence-electron chi connectivity index (χ2n) is 4.18. The largest absolute Gasteiger partial charge is 0.486 e. The summed E-state index contributed by atoms with van der Waals surface area (Å²) in [7, 11) is 0. The quantitative estimate of drug-likeness (QED) is 0.781. The van der Waals surface area contributed by atoms with Crippen LogP contribution in [0.25, 0.3) is 10.9 Å². The van der Waals surface area contributed by atoms with Crippen LogP contribution in [0, 0.1) is 0 Å². The van der Waals surface area contributed by atoms with Crippen LogP contribution < -0.4 is 10.1 Å². The lowest BCUT2D eigenvalue weighted by atomic mass is 10.2. The van der Waals surface area contributed by atoms with Gasteiger partial charge < -0.3 is 10.1 Å². The summed E-state index contributed by atoms with van der Waals surface area (Å²) in [4.78, 5) is 4.31. The summed E-state index contributed by atoms with van der Waals surface area (Å²) >= 11 is 1.51. The molecule has 5 nitrogen and oxygen atoms in total. The van der Waals surface area contributed by atoms with Gasteiger partial charge in [0.05, 0.1) is 5.52 Å². The van der Waals surface area contributed by atoms with Crippen LogP contribution in [0.1, 0.15) is 11.9 Å². The number of hydrogen-bond donors (Lipinski definition) is 1. The minimum Gasteiger partial charge on any atom is -0.486 e. The summed E-state index contributed by atoms with van der Waals surface area (Å²) in [5.74, 6) is 0.788. The van der Waals surface area contributed by atoms with E-state index in [0.29, 0.717) is 6.61 Å². The fourth-order valence-electron chi connectivity index (χ4n) is 1.82. The van der Waals surface area contributed by atoms with Gasteiger partial charge in [0.15, 0.2) is 5.01 Å². The fraction of sp³-hybridized carbons (Fsp3) is 0.214. The molecule has 3 rings (SSSR count). The molecule has 0 atom stereocenters. The Morgan fingerprint density at radius 2 is 2.20 bits per heavy atom. The van der Waals surface area contributed by atoms with E-state index in [4.69, 9.17) is 4.74 Å². The van der Waals surface area contributed by atoms with Crippen molar-refractivity contribution in [2.45, 2.75) is 13.5 Å². The van der Waals surface area contributed by atoms with Crippen LogP contribution >= 0.6 is 11.3 Å². The molecule has 0 aliphatic heterocycles. The van der Waals surface area contributed by atoms with Gasteiger partial charge in [0, 0.05) is 24.2 Å². The third-order valence-corrected chi connectivity index (χ3v) is 3.59. The standard InChI is InChI=1S/C14H14N4OS/c1-2-15-14-18-17-13(20-14)9-19-11-6-5-10-4-3-7-16-12(10)8-11/h3-8H,2,9H2,1H3,(H,15,18).